The molecule has 0 radical (unpaired) electrons. The summed E-state index contributed by atoms with van der Waals surface area (Å²) in [4.78, 5) is 17.9. The van der Waals surface area contributed by atoms with Crippen LogP contribution in [-0.2, 0) is 12.7 Å². The van der Waals surface area contributed by atoms with Gasteiger partial charge in [0.2, 0.25) is 11.7 Å². The second-order valence-electron chi connectivity index (χ2n) is 8.23. The molecule has 0 unspecified atom stereocenters. The first-order chi connectivity index (χ1) is 15.2. The second-order valence-corrected chi connectivity index (χ2v) is 8.23. The number of alkyl halides is 3. The van der Waals surface area contributed by atoms with Crippen LogP contribution in [0.1, 0.15) is 42.7 Å². The largest absolute Gasteiger partial charge is 0.416 e. The highest BCUT2D eigenvalue weighted by atomic mass is 19.4. The van der Waals surface area contributed by atoms with E-state index in [2.05, 4.69) is 38.8 Å². The number of aromatic nitrogens is 4. The van der Waals surface area contributed by atoms with Gasteiger partial charge in [0.05, 0.1) is 12.1 Å². The molecule has 1 aliphatic rings. The van der Waals surface area contributed by atoms with E-state index in [1.54, 1.807) is 0 Å². The van der Waals surface area contributed by atoms with Crippen LogP contribution >= 0.6 is 0 Å². The van der Waals surface area contributed by atoms with Crippen LogP contribution in [0.15, 0.2) is 34.9 Å². The van der Waals surface area contributed by atoms with E-state index in [9.17, 15) is 13.2 Å². The molecule has 170 valence electrons. The quantitative estimate of drug-likeness (QED) is 0.579. The molecule has 7 nitrogen and oxygen atoms in total. The number of benzene rings is 1. The van der Waals surface area contributed by atoms with E-state index in [1.165, 1.54) is 12.1 Å². The molecule has 10 heteroatoms. The predicted molar refractivity (Wildman–Crippen MR) is 113 cm³/mol. The summed E-state index contributed by atoms with van der Waals surface area (Å²) >= 11 is 0. The molecule has 1 fully saturated rings. The molecule has 1 saturated heterocycles. The Hall–Kier alpha value is -3.01. The fourth-order valence-electron chi connectivity index (χ4n) is 3.59. The van der Waals surface area contributed by atoms with Crippen molar-refractivity contribution in [2.75, 3.05) is 31.1 Å². The molecule has 1 aromatic carbocycles. The van der Waals surface area contributed by atoms with E-state index in [1.807, 2.05) is 13.0 Å². The number of anilines is 1. The van der Waals surface area contributed by atoms with E-state index in [0.29, 0.717) is 12.4 Å². The Morgan fingerprint density at radius 3 is 2.47 bits per heavy atom. The minimum atomic E-state index is -4.42. The van der Waals surface area contributed by atoms with Crippen molar-refractivity contribution in [1.82, 2.24) is 25.0 Å². The number of hydrogen-bond acceptors (Lipinski definition) is 7. The Balaban J connectivity index is 1.38. The molecule has 2 aromatic heterocycles. The van der Waals surface area contributed by atoms with Gasteiger partial charge in [-0.3, -0.25) is 4.90 Å². The minimum absolute atomic E-state index is 0.155. The fourth-order valence-corrected chi connectivity index (χ4v) is 3.59. The first-order valence-electron chi connectivity index (χ1n) is 10.5. The summed E-state index contributed by atoms with van der Waals surface area (Å²) in [6.07, 6.45) is -4.42. The maximum Gasteiger partial charge on any atom is 0.416 e. The van der Waals surface area contributed by atoms with Crippen molar-refractivity contribution < 1.29 is 17.7 Å². The van der Waals surface area contributed by atoms with E-state index in [-0.39, 0.29) is 17.3 Å². The Labute approximate surface area is 184 Å². The Bertz CT molecular complexity index is 1070. The lowest BCUT2D eigenvalue weighted by Crippen LogP contribution is -2.46. The van der Waals surface area contributed by atoms with Crippen molar-refractivity contribution in [1.29, 1.82) is 0 Å². The summed E-state index contributed by atoms with van der Waals surface area (Å²) in [5, 5.41) is 3.87. The summed E-state index contributed by atoms with van der Waals surface area (Å²) in [6.45, 7) is 9.72. The molecular formula is C22H25F3N6O. The Morgan fingerprint density at radius 2 is 1.78 bits per heavy atom. The third kappa shape index (κ3) is 5.07. The second kappa shape index (κ2) is 8.85. The molecule has 1 aliphatic heterocycles. The number of rotatable bonds is 5. The van der Waals surface area contributed by atoms with Crippen LogP contribution in [0.25, 0.3) is 11.4 Å². The molecule has 3 heterocycles. The Morgan fingerprint density at radius 1 is 1.03 bits per heavy atom. The van der Waals surface area contributed by atoms with Gasteiger partial charge in [0.25, 0.3) is 0 Å². The normalized spacial score (nSPS) is 15.5. The molecule has 0 amide bonds. The zero-order valence-electron chi connectivity index (χ0n) is 18.2. The third-order valence-electron chi connectivity index (χ3n) is 5.35. The van der Waals surface area contributed by atoms with Crippen LogP contribution in [0.4, 0.5) is 19.0 Å². The lowest BCUT2D eigenvalue weighted by molar-refractivity contribution is -0.137. The van der Waals surface area contributed by atoms with Crippen LogP contribution in [0.5, 0.6) is 0 Å². The van der Waals surface area contributed by atoms with Crippen LogP contribution in [-0.4, -0.2) is 51.2 Å². The number of hydrogen-bond donors (Lipinski definition) is 0. The zero-order valence-corrected chi connectivity index (χ0v) is 18.2. The molecule has 0 atom stereocenters. The fraction of sp³-hybridized carbons (Fsp3) is 0.455. The first-order valence-corrected chi connectivity index (χ1v) is 10.5. The summed E-state index contributed by atoms with van der Waals surface area (Å²) < 4.78 is 44.2. The van der Waals surface area contributed by atoms with E-state index in [4.69, 9.17) is 9.51 Å². The maximum absolute atomic E-state index is 13.0. The van der Waals surface area contributed by atoms with E-state index < -0.39 is 11.7 Å². The SMILES string of the molecule is Cc1cc(N2CCN(Cc3nc(-c4cccc(C(F)(F)F)c4)no3)CC2)nc(C(C)C)n1. The van der Waals surface area contributed by atoms with Gasteiger partial charge in [0.1, 0.15) is 11.6 Å². The molecule has 0 spiro atoms. The third-order valence-corrected chi connectivity index (χ3v) is 5.35. The number of nitrogens with zero attached hydrogens (tertiary/aromatic N) is 6. The molecule has 0 bridgehead atoms. The summed E-state index contributed by atoms with van der Waals surface area (Å²) in [7, 11) is 0. The monoisotopic (exact) mass is 446 g/mol. The summed E-state index contributed by atoms with van der Waals surface area (Å²) in [6, 6.07) is 6.93. The van der Waals surface area contributed by atoms with Crippen molar-refractivity contribution >= 4 is 5.82 Å². The topological polar surface area (TPSA) is 71.2 Å². The highest BCUT2D eigenvalue weighted by molar-refractivity contribution is 5.55. The first kappa shape index (κ1) is 22.2. The van der Waals surface area contributed by atoms with Crippen molar-refractivity contribution in [2.45, 2.75) is 39.4 Å². The molecule has 0 aliphatic carbocycles. The lowest BCUT2D eigenvalue weighted by Gasteiger charge is -2.34. The van der Waals surface area contributed by atoms with Gasteiger partial charge in [0.15, 0.2) is 0 Å². The van der Waals surface area contributed by atoms with Gasteiger partial charge in [-0.2, -0.15) is 18.2 Å². The number of piperazine rings is 1. The van der Waals surface area contributed by atoms with Crippen molar-refractivity contribution in [3.8, 4) is 11.4 Å². The molecule has 0 saturated carbocycles. The zero-order chi connectivity index (χ0) is 22.9. The summed E-state index contributed by atoms with van der Waals surface area (Å²) in [5.74, 6) is 2.58. The van der Waals surface area contributed by atoms with Gasteiger partial charge in [0, 0.05) is 49.4 Å². The summed E-state index contributed by atoms with van der Waals surface area (Å²) in [5.41, 5.74) is 0.492. The van der Waals surface area contributed by atoms with Gasteiger partial charge < -0.3 is 9.42 Å². The van der Waals surface area contributed by atoms with Crippen molar-refractivity contribution in [3.05, 3.63) is 53.3 Å². The van der Waals surface area contributed by atoms with E-state index in [0.717, 1.165) is 55.6 Å². The van der Waals surface area contributed by atoms with Crippen molar-refractivity contribution in [2.24, 2.45) is 0 Å². The highest BCUT2D eigenvalue weighted by Gasteiger charge is 2.31. The predicted octanol–water partition coefficient (Wildman–Crippen LogP) is 4.30. The average molecular weight is 446 g/mol. The van der Waals surface area contributed by atoms with Crippen LogP contribution in [0.3, 0.4) is 0 Å². The minimum Gasteiger partial charge on any atom is -0.354 e. The number of aryl methyl sites for hydroxylation is 1. The molecule has 0 N–H and O–H groups in total. The molecule has 32 heavy (non-hydrogen) atoms. The van der Waals surface area contributed by atoms with Crippen molar-refractivity contribution in [3.63, 3.8) is 0 Å². The number of halogens is 3. The average Bonchev–Trinajstić information content (AvgIpc) is 3.22. The molecule has 3 aromatic rings. The maximum atomic E-state index is 13.0. The molecular weight excluding hydrogens is 421 g/mol. The van der Waals surface area contributed by atoms with Crippen LogP contribution in [0, 0.1) is 6.92 Å². The standard InChI is InChI=1S/C22H25F3N6O/c1-14(2)20-26-15(3)11-18(27-20)31-9-7-30(8-10-31)13-19-28-21(29-32-19)16-5-4-6-17(12-16)22(23,24)25/h4-6,11-12,14H,7-10,13H2,1-3H3. The highest BCUT2D eigenvalue weighted by Crippen LogP contribution is 2.31. The van der Waals surface area contributed by atoms with Gasteiger partial charge in [-0.1, -0.05) is 31.1 Å². The smallest absolute Gasteiger partial charge is 0.354 e. The molecule has 4 rings (SSSR count). The van der Waals surface area contributed by atoms with Gasteiger partial charge >= 0.3 is 6.18 Å². The lowest BCUT2D eigenvalue weighted by atomic mass is 10.1. The van der Waals surface area contributed by atoms with Gasteiger partial charge in [-0.25, -0.2) is 9.97 Å². The van der Waals surface area contributed by atoms with Gasteiger partial charge in [-0.05, 0) is 19.1 Å². The van der Waals surface area contributed by atoms with Crippen LogP contribution in [0.2, 0.25) is 0 Å². The van der Waals surface area contributed by atoms with Crippen LogP contribution < -0.4 is 4.90 Å². The van der Waals surface area contributed by atoms with Gasteiger partial charge in [-0.15, -0.1) is 0 Å². The van der Waals surface area contributed by atoms with E-state index >= 15 is 0 Å². The Kier molecular flexibility index (Phi) is 6.14.